The molecule has 0 aliphatic carbocycles. The maximum absolute atomic E-state index is 11.9. The van der Waals surface area contributed by atoms with Gasteiger partial charge in [-0.1, -0.05) is 60.7 Å². The summed E-state index contributed by atoms with van der Waals surface area (Å²) in [5.41, 5.74) is 1.74. The van der Waals surface area contributed by atoms with Crippen LogP contribution in [-0.2, 0) is 22.3 Å². The highest BCUT2D eigenvalue weighted by atomic mass is 32.2. The van der Waals surface area contributed by atoms with Crippen molar-refractivity contribution >= 4 is 10.0 Å². The van der Waals surface area contributed by atoms with Gasteiger partial charge in [-0.2, -0.15) is 0 Å². The SMILES string of the molecule is O=S(=O)(Cc1ccccc1)NCc1ccccc1. The van der Waals surface area contributed by atoms with E-state index in [1.165, 1.54) is 0 Å². The van der Waals surface area contributed by atoms with Crippen molar-refractivity contribution in [3.05, 3.63) is 71.8 Å². The van der Waals surface area contributed by atoms with Gasteiger partial charge < -0.3 is 0 Å². The summed E-state index contributed by atoms with van der Waals surface area (Å²) in [5.74, 6) is 0.0146. The Morgan fingerprint density at radius 2 is 1.28 bits per heavy atom. The Kier molecular flexibility index (Phi) is 4.12. The summed E-state index contributed by atoms with van der Waals surface area (Å²) in [6.07, 6.45) is 0. The van der Waals surface area contributed by atoms with E-state index in [4.69, 9.17) is 0 Å². The largest absolute Gasteiger partial charge is 0.216 e. The smallest absolute Gasteiger partial charge is 0.212 e. The Balaban J connectivity index is 1.96. The number of benzene rings is 2. The van der Waals surface area contributed by atoms with Crippen LogP contribution in [0, 0.1) is 0 Å². The average Bonchev–Trinajstić information content (AvgIpc) is 2.38. The molecule has 0 unspecified atom stereocenters. The lowest BCUT2D eigenvalue weighted by atomic mass is 10.2. The van der Waals surface area contributed by atoms with Gasteiger partial charge in [0.15, 0.2) is 0 Å². The molecule has 0 saturated heterocycles. The van der Waals surface area contributed by atoms with Crippen molar-refractivity contribution in [3.63, 3.8) is 0 Å². The van der Waals surface area contributed by atoms with Crippen LogP contribution < -0.4 is 4.72 Å². The monoisotopic (exact) mass is 261 g/mol. The van der Waals surface area contributed by atoms with Gasteiger partial charge in [0, 0.05) is 6.54 Å². The lowest BCUT2D eigenvalue weighted by Gasteiger charge is -2.06. The molecule has 0 aromatic heterocycles. The van der Waals surface area contributed by atoms with Gasteiger partial charge in [0.2, 0.25) is 10.0 Å². The second-order valence-electron chi connectivity index (χ2n) is 4.05. The number of nitrogens with one attached hydrogen (secondary N) is 1. The van der Waals surface area contributed by atoms with Gasteiger partial charge in [-0.05, 0) is 11.1 Å². The fraction of sp³-hybridized carbons (Fsp3) is 0.143. The molecule has 0 saturated carbocycles. The quantitative estimate of drug-likeness (QED) is 0.897. The van der Waals surface area contributed by atoms with Crippen molar-refractivity contribution in [2.75, 3.05) is 0 Å². The molecule has 0 aliphatic heterocycles. The van der Waals surface area contributed by atoms with Gasteiger partial charge in [0.25, 0.3) is 0 Å². The Bertz CT molecular complexity index is 580. The van der Waals surface area contributed by atoms with Crippen LogP contribution in [-0.4, -0.2) is 8.42 Å². The van der Waals surface area contributed by atoms with Crippen LogP contribution in [0.3, 0.4) is 0 Å². The van der Waals surface area contributed by atoms with Gasteiger partial charge in [-0.15, -0.1) is 0 Å². The summed E-state index contributed by atoms with van der Waals surface area (Å²) in [6.45, 7) is 0.329. The Morgan fingerprint density at radius 1 is 0.778 bits per heavy atom. The molecule has 94 valence electrons. The molecule has 0 fully saturated rings. The van der Waals surface area contributed by atoms with Crippen molar-refractivity contribution in [2.45, 2.75) is 12.3 Å². The van der Waals surface area contributed by atoms with Crippen molar-refractivity contribution < 1.29 is 8.42 Å². The summed E-state index contributed by atoms with van der Waals surface area (Å²) in [7, 11) is -3.28. The predicted molar refractivity (Wildman–Crippen MR) is 72.3 cm³/mol. The molecule has 18 heavy (non-hydrogen) atoms. The van der Waals surface area contributed by atoms with Gasteiger partial charge in [-0.3, -0.25) is 0 Å². The highest BCUT2D eigenvalue weighted by Gasteiger charge is 2.10. The molecule has 2 aromatic rings. The minimum Gasteiger partial charge on any atom is -0.212 e. The lowest BCUT2D eigenvalue weighted by molar-refractivity contribution is 0.580. The van der Waals surface area contributed by atoms with E-state index in [1.807, 2.05) is 60.7 Å². The number of sulfonamides is 1. The highest BCUT2D eigenvalue weighted by molar-refractivity contribution is 7.88. The van der Waals surface area contributed by atoms with Crippen LogP contribution in [0.15, 0.2) is 60.7 Å². The molecule has 0 atom stereocenters. The van der Waals surface area contributed by atoms with Gasteiger partial charge in [0.1, 0.15) is 0 Å². The van der Waals surface area contributed by atoms with Crippen LogP contribution in [0.25, 0.3) is 0 Å². The molecule has 2 rings (SSSR count). The zero-order valence-corrected chi connectivity index (χ0v) is 10.7. The van der Waals surface area contributed by atoms with Gasteiger partial charge >= 0.3 is 0 Å². The number of hydrogen-bond donors (Lipinski definition) is 1. The van der Waals surface area contributed by atoms with E-state index in [9.17, 15) is 8.42 Å². The Labute approximate surface area is 108 Å². The topological polar surface area (TPSA) is 46.2 Å². The maximum Gasteiger partial charge on any atom is 0.216 e. The highest BCUT2D eigenvalue weighted by Crippen LogP contribution is 2.05. The Morgan fingerprint density at radius 3 is 1.83 bits per heavy atom. The second kappa shape index (κ2) is 5.80. The molecular weight excluding hydrogens is 246 g/mol. The molecule has 2 aromatic carbocycles. The van der Waals surface area contributed by atoms with Gasteiger partial charge in [-0.25, -0.2) is 13.1 Å². The van der Waals surface area contributed by atoms with E-state index in [0.717, 1.165) is 11.1 Å². The molecule has 4 heteroatoms. The van der Waals surface area contributed by atoms with Crippen LogP contribution in [0.2, 0.25) is 0 Å². The van der Waals surface area contributed by atoms with Crippen LogP contribution >= 0.6 is 0 Å². The van der Waals surface area contributed by atoms with E-state index in [0.29, 0.717) is 6.54 Å². The molecular formula is C14H15NO2S. The first-order valence-corrected chi connectivity index (χ1v) is 7.36. The van der Waals surface area contributed by atoms with E-state index in [1.54, 1.807) is 0 Å². The average molecular weight is 261 g/mol. The van der Waals surface area contributed by atoms with E-state index in [-0.39, 0.29) is 5.75 Å². The molecule has 1 N–H and O–H groups in total. The predicted octanol–water partition coefficient (Wildman–Crippen LogP) is 2.31. The van der Waals surface area contributed by atoms with E-state index >= 15 is 0 Å². The van der Waals surface area contributed by atoms with Crippen molar-refractivity contribution in [1.82, 2.24) is 4.72 Å². The van der Waals surface area contributed by atoms with Gasteiger partial charge in [0.05, 0.1) is 5.75 Å². The summed E-state index contributed by atoms with van der Waals surface area (Å²) in [5, 5.41) is 0. The zero-order chi connectivity index (χ0) is 12.8. The fourth-order valence-electron chi connectivity index (χ4n) is 1.63. The summed E-state index contributed by atoms with van der Waals surface area (Å²) >= 11 is 0. The number of rotatable bonds is 5. The van der Waals surface area contributed by atoms with E-state index in [2.05, 4.69) is 4.72 Å². The summed E-state index contributed by atoms with van der Waals surface area (Å²) in [4.78, 5) is 0. The number of hydrogen-bond acceptors (Lipinski definition) is 2. The van der Waals surface area contributed by atoms with Crippen molar-refractivity contribution in [3.8, 4) is 0 Å². The summed E-state index contributed by atoms with van der Waals surface area (Å²) in [6, 6.07) is 18.6. The molecule has 0 aliphatic rings. The Hall–Kier alpha value is -1.65. The minimum atomic E-state index is -3.28. The van der Waals surface area contributed by atoms with Crippen LogP contribution in [0.1, 0.15) is 11.1 Å². The van der Waals surface area contributed by atoms with Crippen molar-refractivity contribution in [1.29, 1.82) is 0 Å². The molecule has 0 bridgehead atoms. The van der Waals surface area contributed by atoms with Crippen molar-refractivity contribution in [2.24, 2.45) is 0 Å². The molecule has 0 spiro atoms. The first-order chi connectivity index (χ1) is 8.66. The van der Waals surface area contributed by atoms with Crippen LogP contribution in [0.5, 0.6) is 0 Å². The molecule has 0 heterocycles. The lowest BCUT2D eigenvalue weighted by Crippen LogP contribution is -2.24. The molecule has 3 nitrogen and oxygen atoms in total. The fourth-order valence-corrected chi connectivity index (χ4v) is 2.75. The molecule has 0 amide bonds. The first kappa shape index (κ1) is 12.8. The summed E-state index contributed by atoms with van der Waals surface area (Å²) < 4.78 is 26.3. The second-order valence-corrected chi connectivity index (χ2v) is 5.86. The molecule has 0 radical (unpaired) electrons. The minimum absolute atomic E-state index is 0.0146. The normalized spacial score (nSPS) is 11.3. The zero-order valence-electron chi connectivity index (χ0n) is 9.91. The third-order valence-electron chi connectivity index (χ3n) is 2.54. The third-order valence-corrected chi connectivity index (χ3v) is 3.84. The third kappa shape index (κ3) is 3.98. The van der Waals surface area contributed by atoms with Crippen LogP contribution in [0.4, 0.5) is 0 Å². The first-order valence-electron chi connectivity index (χ1n) is 5.71. The van der Waals surface area contributed by atoms with E-state index < -0.39 is 10.0 Å². The standard InChI is InChI=1S/C14H15NO2S/c16-18(17,12-14-9-5-2-6-10-14)15-11-13-7-3-1-4-8-13/h1-10,15H,11-12H2. The maximum atomic E-state index is 11.9.